The molecule has 3 aromatic rings. The standard InChI is InChI=1S/C17H19FN4/c1-11-16-20-21-17(12-6-2-3-7-13(18)10-12)22(16)15-9-5-4-8-14(15)19-11/h4-5,8-9,12-13H,2-3,6-7,10H2,1H3. The fourth-order valence-electron chi connectivity index (χ4n) is 3.55. The largest absolute Gasteiger partial charge is 0.276 e. The van der Waals surface area contributed by atoms with E-state index in [2.05, 4.69) is 19.6 Å². The van der Waals surface area contributed by atoms with Gasteiger partial charge in [0.25, 0.3) is 0 Å². The quantitative estimate of drug-likeness (QED) is 0.638. The van der Waals surface area contributed by atoms with E-state index >= 15 is 0 Å². The van der Waals surface area contributed by atoms with Gasteiger partial charge in [-0.25, -0.2) is 9.37 Å². The fourth-order valence-corrected chi connectivity index (χ4v) is 3.55. The second-order valence-electron chi connectivity index (χ2n) is 6.22. The lowest BCUT2D eigenvalue weighted by molar-refractivity contribution is 0.287. The molecule has 1 fully saturated rings. The molecule has 5 heteroatoms. The minimum atomic E-state index is -0.728. The minimum absolute atomic E-state index is 0.137. The Balaban J connectivity index is 1.94. The van der Waals surface area contributed by atoms with E-state index in [9.17, 15) is 4.39 Å². The van der Waals surface area contributed by atoms with Gasteiger partial charge in [0, 0.05) is 5.92 Å². The van der Waals surface area contributed by atoms with Crippen LogP contribution in [-0.4, -0.2) is 25.8 Å². The second kappa shape index (κ2) is 5.30. The van der Waals surface area contributed by atoms with Gasteiger partial charge in [-0.3, -0.25) is 4.40 Å². The lowest BCUT2D eigenvalue weighted by Crippen LogP contribution is -2.09. The average molecular weight is 298 g/mol. The van der Waals surface area contributed by atoms with Crippen molar-refractivity contribution in [3.05, 3.63) is 35.8 Å². The van der Waals surface area contributed by atoms with E-state index in [1.807, 2.05) is 31.2 Å². The first-order chi connectivity index (χ1) is 10.7. The summed E-state index contributed by atoms with van der Waals surface area (Å²) in [7, 11) is 0. The Kier molecular flexibility index (Phi) is 3.28. The molecule has 2 unspecified atom stereocenters. The van der Waals surface area contributed by atoms with Gasteiger partial charge in [0.1, 0.15) is 12.0 Å². The van der Waals surface area contributed by atoms with Crippen LogP contribution in [0.15, 0.2) is 24.3 Å². The van der Waals surface area contributed by atoms with Crippen molar-refractivity contribution in [2.24, 2.45) is 0 Å². The minimum Gasteiger partial charge on any atom is -0.276 e. The van der Waals surface area contributed by atoms with Gasteiger partial charge in [0.05, 0.1) is 16.7 Å². The summed E-state index contributed by atoms with van der Waals surface area (Å²) < 4.78 is 16.1. The van der Waals surface area contributed by atoms with Crippen molar-refractivity contribution in [1.29, 1.82) is 0 Å². The summed E-state index contributed by atoms with van der Waals surface area (Å²) in [6, 6.07) is 8.00. The highest BCUT2D eigenvalue weighted by atomic mass is 19.1. The number of hydrogen-bond donors (Lipinski definition) is 0. The van der Waals surface area contributed by atoms with Gasteiger partial charge in [0.15, 0.2) is 5.65 Å². The maximum absolute atomic E-state index is 14.0. The first kappa shape index (κ1) is 13.6. The Labute approximate surface area is 128 Å². The number of hydrogen-bond acceptors (Lipinski definition) is 3. The molecule has 114 valence electrons. The molecule has 2 aromatic heterocycles. The molecule has 0 N–H and O–H groups in total. The zero-order valence-corrected chi connectivity index (χ0v) is 12.7. The predicted octanol–water partition coefficient (Wildman–Crippen LogP) is 3.97. The Morgan fingerprint density at radius 1 is 1.14 bits per heavy atom. The lowest BCUT2D eigenvalue weighted by Gasteiger charge is -2.15. The molecule has 1 aliphatic carbocycles. The Morgan fingerprint density at radius 3 is 2.86 bits per heavy atom. The van der Waals surface area contributed by atoms with Gasteiger partial charge < -0.3 is 0 Å². The third kappa shape index (κ3) is 2.16. The van der Waals surface area contributed by atoms with Crippen molar-refractivity contribution >= 4 is 16.7 Å². The molecule has 0 saturated heterocycles. The van der Waals surface area contributed by atoms with Crippen LogP contribution in [0.25, 0.3) is 16.7 Å². The molecule has 22 heavy (non-hydrogen) atoms. The molecule has 1 aromatic carbocycles. The predicted molar refractivity (Wildman–Crippen MR) is 83.7 cm³/mol. The third-order valence-corrected chi connectivity index (χ3v) is 4.65. The maximum atomic E-state index is 14.0. The maximum Gasteiger partial charge on any atom is 0.182 e. The first-order valence-electron chi connectivity index (χ1n) is 7.98. The van der Waals surface area contributed by atoms with Crippen LogP contribution in [-0.2, 0) is 0 Å². The normalized spacial score (nSPS) is 23.0. The topological polar surface area (TPSA) is 43.1 Å². The van der Waals surface area contributed by atoms with Crippen LogP contribution < -0.4 is 0 Å². The fraction of sp³-hybridized carbons (Fsp3) is 0.471. The number of aromatic nitrogens is 4. The second-order valence-corrected chi connectivity index (χ2v) is 6.22. The van der Waals surface area contributed by atoms with Crippen LogP contribution in [0.4, 0.5) is 4.39 Å². The van der Waals surface area contributed by atoms with E-state index in [0.717, 1.165) is 47.5 Å². The summed E-state index contributed by atoms with van der Waals surface area (Å²) in [6.45, 7) is 1.95. The molecule has 4 rings (SSSR count). The van der Waals surface area contributed by atoms with Gasteiger partial charge in [-0.1, -0.05) is 25.0 Å². The molecule has 4 nitrogen and oxygen atoms in total. The van der Waals surface area contributed by atoms with Crippen molar-refractivity contribution in [1.82, 2.24) is 19.6 Å². The Bertz CT molecular complexity index is 826. The molecule has 0 aliphatic heterocycles. The van der Waals surface area contributed by atoms with E-state index in [-0.39, 0.29) is 5.92 Å². The highest BCUT2D eigenvalue weighted by Gasteiger charge is 2.26. The summed E-state index contributed by atoms with van der Waals surface area (Å²) in [5.74, 6) is 1.03. The number of fused-ring (bicyclic) bond motifs is 3. The van der Waals surface area contributed by atoms with Gasteiger partial charge in [-0.15, -0.1) is 10.2 Å². The number of para-hydroxylation sites is 2. The van der Waals surface area contributed by atoms with Crippen molar-refractivity contribution in [2.75, 3.05) is 0 Å². The van der Waals surface area contributed by atoms with E-state index in [4.69, 9.17) is 0 Å². The van der Waals surface area contributed by atoms with Crippen LogP contribution in [0.3, 0.4) is 0 Å². The van der Waals surface area contributed by atoms with Crippen LogP contribution in [0.5, 0.6) is 0 Å². The number of benzene rings is 1. The Hall–Kier alpha value is -2.04. The molecule has 1 aliphatic rings. The van der Waals surface area contributed by atoms with E-state index in [1.165, 1.54) is 0 Å². The molecule has 2 heterocycles. The summed E-state index contributed by atoms with van der Waals surface area (Å²) >= 11 is 0. The van der Waals surface area contributed by atoms with Crippen molar-refractivity contribution < 1.29 is 4.39 Å². The summed E-state index contributed by atoms with van der Waals surface area (Å²) in [5, 5.41) is 8.74. The third-order valence-electron chi connectivity index (χ3n) is 4.65. The van der Waals surface area contributed by atoms with Crippen molar-refractivity contribution in [3.8, 4) is 0 Å². The molecule has 0 bridgehead atoms. The summed E-state index contributed by atoms with van der Waals surface area (Å²) in [5.41, 5.74) is 3.58. The zero-order chi connectivity index (χ0) is 15.1. The van der Waals surface area contributed by atoms with Crippen LogP contribution in [0.2, 0.25) is 0 Å². The highest BCUT2D eigenvalue weighted by molar-refractivity contribution is 5.78. The summed E-state index contributed by atoms with van der Waals surface area (Å²) in [4.78, 5) is 4.60. The van der Waals surface area contributed by atoms with Gasteiger partial charge in [0.2, 0.25) is 0 Å². The highest BCUT2D eigenvalue weighted by Crippen LogP contribution is 2.33. The molecule has 2 atom stereocenters. The number of aryl methyl sites for hydroxylation is 1. The van der Waals surface area contributed by atoms with Crippen molar-refractivity contribution in [2.45, 2.75) is 51.1 Å². The monoisotopic (exact) mass is 298 g/mol. The van der Waals surface area contributed by atoms with Crippen LogP contribution in [0.1, 0.15) is 49.5 Å². The molecule has 0 radical (unpaired) electrons. The molecule has 1 saturated carbocycles. The molecular weight excluding hydrogens is 279 g/mol. The van der Waals surface area contributed by atoms with Crippen molar-refractivity contribution in [3.63, 3.8) is 0 Å². The smallest absolute Gasteiger partial charge is 0.182 e. The molecule has 0 amide bonds. The number of rotatable bonds is 1. The first-order valence-corrected chi connectivity index (χ1v) is 7.98. The van der Waals surface area contributed by atoms with E-state index < -0.39 is 6.17 Å². The number of halogens is 1. The zero-order valence-electron chi connectivity index (χ0n) is 12.7. The van der Waals surface area contributed by atoms with Crippen LogP contribution >= 0.6 is 0 Å². The Morgan fingerprint density at radius 2 is 1.95 bits per heavy atom. The van der Waals surface area contributed by atoms with E-state index in [1.54, 1.807) is 0 Å². The summed E-state index contributed by atoms with van der Waals surface area (Å²) in [6.07, 6.45) is 3.51. The van der Waals surface area contributed by atoms with Gasteiger partial charge in [-0.2, -0.15) is 0 Å². The number of alkyl halides is 1. The van der Waals surface area contributed by atoms with Gasteiger partial charge in [-0.05, 0) is 38.3 Å². The van der Waals surface area contributed by atoms with E-state index in [0.29, 0.717) is 12.8 Å². The lowest BCUT2D eigenvalue weighted by atomic mass is 9.99. The SMILES string of the molecule is Cc1nc2ccccc2n2c(C3CCCCC(F)C3)nnc12. The van der Waals surface area contributed by atoms with Gasteiger partial charge >= 0.3 is 0 Å². The average Bonchev–Trinajstić information content (AvgIpc) is 2.85. The molecule has 0 spiro atoms. The number of nitrogens with zero attached hydrogens (tertiary/aromatic N) is 4. The molecular formula is C17H19FN4. The van der Waals surface area contributed by atoms with Crippen LogP contribution in [0, 0.1) is 6.92 Å².